The van der Waals surface area contributed by atoms with Crippen LogP contribution >= 0.6 is 0 Å². The Morgan fingerprint density at radius 3 is 2.59 bits per heavy atom. The molecular weight excluding hydrogens is 212 g/mol. The third-order valence-corrected chi connectivity index (χ3v) is 1.80. The van der Waals surface area contributed by atoms with Gasteiger partial charge in [-0.15, -0.1) is 0 Å². The zero-order chi connectivity index (χ0) is 13.1. The fraction of sp³-hybridized carbons (Fsp3) is 0.200. The van der Waals surface area contributed by atoms with Crippen molar-refractivity contribution in [1.29, 1.82) is 0 Å². The average Bonchev–Trinajstić information content (AvgIpc) is 2.40. The molecule has 92 valence electrons. The second kappa shape index (κ2) is 9.43. The molecule has 0 heterocycles. The average molecular weight is 232 g/mol. The van der Waals surface area contributed by atoms with E-state index in [1.165, 1.54) is 0 Å². The summed E-state index contributed by atoms with van der Waals surface area (Å²) >= 11 is 0. The summed E-state index contributed by atoms with van der Waals surface area (Å²) in [6.07, 6.45) is 4.96. The van der Waals surface area contributed by atoms with Gasteiger partial charge in [-0.3, -0.25) is 0 Å². The van der Waals surface area contributed by atoms with Crippen molar-refractivity contribution in [3.8, 4) is 5.75 Å². The molecule has 0 amide bonds. The Bertz CT molecular complexity index is 378. The van der Waals surface area contributed by atoms with Crippen molar-refractivity contribution in [2.24, 2.45) is 0 Å². The van der Waals surface area contributed by atoms with E-state index in [4.69, 9.17) is 9.84 Å². The molecule has 0 aliphatic heterocycles. The first-order chi connectivity index (χ1) is 8.30. The summed E-state index contributed by atoms with van der Waals surface area (Å²) in [5.74, 6) is 1.30. The van der Waals surface area contributed by atoms with Gasteiger partial charge in [-0.25, -0.2) is 0 Å². The van der Waals surface area contributed by atoms with Crippen LogP contribution in [0.25, 0.3) is 0 Å². The lowest BCUT2D eigenvalue weighted by molar-refractivity contribution is 0.281. The normalized spacial score (nSPS) is 9.94. The number of aliphatic hydroxyl groups excluding tert-OH is 1. The molecular formula is C15H20O2. The largest absolute Gasteiger partial charge is 0.457 e. The summed E-state index contributed by atoms with van der Waals surface area (Å²) in [4.78, 5) is 0. The summed E-state index contributed by atoms with van der Waals surface area (Å²) in [6, 6.07) is 7.26. The highest BCUT2D eigenvalue weighted by atomic mass is 16.5. The van der Waals surface area contributed by atoms with Crippen molar-refractivity contribution in [2.75, 3.05) is 0 Å². The van der Waals surface area contributed by atoms with E-state index >= 15 is 0 Å². The van der Waals surface area contributed by atoms with E-state index in [1.54, 1.807) is 24.3 Å². The number of ether oxygens (including phenoxy) is 1. The number of allylic oxidation sites excluding steroid dienone is 3. The first-order valence-electron chi connectivity index (χ1n) is 5.63. The number of hydrogen-bond acceptors (Lipinski definition) is 2. The third kappa shape index (κ3) is 5.73. The molecule has 0 saturated carbocycles. The van der Waals surface area contributed by atoms with Crippen molar-refractivity contribution in [1.82, 2.24) is 0 Å². The van der Waals surface area contributed by atoms with Gasteiger partial charge in [0.15, 0.2) is 0 Å². The summed E-state index contributed by atoms with van der Waals surface area (Å²) < 4.78 is 5.51. The fourth-order valence-corrected chi connectivity index (χ4v) is 1.10. The Morgan fingerprint density at radius 2 is 2.06 bits per heavy atom. The third-order valence-electron chi connectivity index (χ3n) is 1.80. The van der Waals surface area contributed by atoms with Gasteiger partial charge in [-0.2, -0.15) is 0 Å². The molecule has 17 heavy (non-hydrogen) atoms. The Labute approximate surface area is 104 Å². The summed E-state index contributed by atoms with van der Waals surface area (Å²) in [5.41, 5.74) is 0.814. The van der Waals surface area contributed by atoms with E-state index in [0.29, 0.717) is 11.5 Å². The van der Waals surface area contributed by atoms with Crippen LogP contribution in [0.15, 0.2) is 61.4 Å². The summed E-state index contributed by atoms with van der Waals surface area (Å²) in [7, 11) is 0. The molecule has 0 saturated heterocycles. The highest BCUT2D eigenvalue weighted by Gasteiger charge is 1.97. The standard InChI is InChI=1S/C13H14O2.C2H6/c1-3-6-12(4-2)15-13-8-5-7-11(9-13)10-14;1-2/h3-9,14H,1-2,10H2;1-2H3/b12-6+;. The molecule has 0 aromatic heterocycles. The van der Waals surface area contributed by atoms with E-state index < -0.39 is 0 Å². The molecule has 1 aromatic rings. The van der Waals surface area contributed by atoms with Crippen LogP contribution in [0.1, 0.15) is 19.4 Å². The predicted molar refractivity (Wildman–Crippen MR) is 72.8 cm³/mol. The first kappa shape index (κ1) is 15.2. The number of aliphatic hydroxyl groups is 1. The van der Waals surface area contributed by atoms with Crippen molar-refractivity contribution < 1.29 is 9.84 Å². The van der Waals surface area contributed by atoms with Gasteiger partial charge >= 0.3 is 0 Å². The molecule has 0 spiro atoms. The molecule has 2 nitrogen and oxygen atoms in total. The summed E-state index contributed by atoms with van der Waals surface area (Å²) in [6.45, 7) is 11.2. The lowest BCUT2D eigenvalue weighted by atomic mass is 10.2. The minimum Gasteiger partial charge on any atom is -0.457 e. The van der Waals surface area contributed by atoms with Crippen molar-refractivity contribution in [3.05, 3.63) is 67.0 Å². The number of rotatable bonds is 5. The molecule has 0 bridgehead atoms. The van der Waals surface area contributed by atoms with Crippen LogP contribution in [-0.2, 0) is 6.61 Å². The van der Waals surface area contributed by atoms with Gasteiger partial charge in [0.2, 0.25) is 0 Å². The second-order valence-electron chi connectivity index (χ2n) is 2.92. The van der Waals surface area contributed by atoms with Gasteiger partial charge in [0, 0.05) is 0 Å². The topological polar surface area (TPSA) is 29.5 Å². The van der Waals surface area contributed by atoms with Gasteiger partial charge in [0.25, 0.3) is 0 Å². The van der Waals surface area contributed by atoms with Crippen LogP contribution in [0.5, 0.6) is 5.75 Å². The molecule has 1 rings (SSSR count). The van der Waals surface area contributed by atoms with Crippen molar-refractivity contribution >= 4 is 0 Å². The Balaban J connectivity index is 0.00000121. The van der Waals surface area contributed by atoms with Crippen LogP contribution < -0.4 is 4.74 Å². The molecule has 2 heteroatoms. The minimum absolute atomic E-state index is 0.00575. The summed E-state index contributed by atoms with van der Waals surface area (Å²) in [5, 5.41) is 8.95. The highest BCUT2D eigenvalue weighted by molar-refractivity contribution is 5.31. The molecule has 0 aliphatic rings. The van der Waals surface area contributed by atoms with Crippen LogP contribution in [-0.4, -0.2) is 5.11 Å². The van der Waals surface area contributed by atoms with Crippen LogP contribution in [0.3, 0.4) is 0 Å². The van der Waals surface area contributed by atoms with Gasteiger partial charge in [-0.05, 0) is 29.8 Å². The van der Waals surface area contributed by atoms with E-state index in [1.807, 2.05) is 32.0 Å². The Kier molecular flexibility index (Phi) is 8.43. The fourth-order valence-electron chi connectivity index (χ4n) is 1.10. The molecule has 0 aliphatic carbocycles. The molecule has 0 fully saturated rings. The van der Waals surface area contributed by atoms with E-state index in [-0.39, 0.29) is 6.61 Å². The highest BCUT2D eigenvalue weighted by Crippen LogP contribution is 2.16. The van der Waals surface area contributed by atoms with Crippen molar-refractivity contribution in [2.45, 2.75) is 20.5 Å². The van der Waals surface area contributed by atoms with Gasteiger partial charge in [0.05, 0.1) is 6.61 Å². The van der Waals surface area contributed by atoms with E-state index in [9.17, 15) is 0 Å². The predicted octanol–water partition coefficient (Wildman–Crippen LogP) is 3.84. The Hall–Kier alpha value is -1.80. The molecule has 1 aromatic carbocycles. The first-order valence-corrected chi connectivity index (χ1v) is 5.63. The van der Waals surface area contributed by atoms with E-state index in [0.717, 1.165) is 5.56 Å². The quantitative estimate of drug-likeness (QED) is 0.617. The maximum absolute atomic E-state index is 8.95. The second-order valence-corrected chi connectivity index (χ2v) is 2.92. The monoisotopic (exact) mass is 232 g/mol. The molecule has 0 atom stereocenters. The number of benzene rings is 1. The Morgan fingerprint density at radius 1 is 1.35 bits per heavy atom. The lowest BCUT2D eigenvalue weighted by Crippen LogP contribution is -1.92. The zero-order valence-electron chi connectivity index (χ0n) is 10.5. The molecule has 0 unspecified atom stereocenters. The van der Waals surface area contributed by atoms with Gasteiger partial charge < -0.3 is 9.84 Å². The van der Waals surface area contributed by atoms with Gasteiger partial charge in [-0.1, -0.05) is 45.2 Å². The van der Waals surface area contributed by atoms with Gasteiger partial charge in [0.1, 0.15) is 11.5 Å². The SMILES string of the molecule is C=C/C=C(\C=C)Oc1cccc(CO)c1.CC. The smallest absolute Gasteiger partial charge is 0.127 e. The maximum Gasteiger partial charge on any atom is 0.127 e. The van der Waals surface area contributed by atoms with E-state index in [2.05, 4.69) is 13.2 Å². The zero-order valence-corrected chi connectivity index (χ0v) is 10.5. The number of hydrogen-bond donors (Lipinski definition) is 1. The van der Waals surface area contributed by atoms with Crippen LogP contribution in [0.4, 0.5) is 0 Å². The maximum atomic E-state index is 8.95. The van der Waals surface area contributed by atoms with Crippen LogP contribution in [0, 0.1) is 0 Å². The van der Waals surface area contributed by atoms with Crippen molar-refractivity contribution in [3.63, 3.8) is 0 Å². The molecule has 0 radical (unpaired) electrons. The molecule has 1 N–H and O–H groups in total. The lowest BCUT2D eigenvalue weighted by Gasteiger charge is -2.06. The van der Waals surface area contributed by atoms with Crippen LogP contribution in [0.2, 0.25) is 0 Å². The minimum atomic E-state index is 0.00575.